The largest absolute Gasteiger partial charge is 1.00 e. The SMILES string of the molecule is CC(C)(C)[O-].COc1cc(OC)c(Cl)c(-c2cc3cnc(Nc4c(C)cccc4[N+](=O)[O-])nc3n(C)c2=O)c1Cl.COc1cc(OC)c(Cl)c(-c2cc3cnc(S(C)(=O)=O)nc3n(C)c2=O)c1Cl.[K+]. The van der Waals surface area contributed by atoms with Crippen LogP contribution < -0.4 is 91.9 Å². The summed E-state index contributed by atoms with van der Waals surface area (Å²) in [6.07, 6.45) is 3.81. The molecule has 19 nitrogen and oxygen atoms in total. The molecular weight excluding hydrogens is 1030 g/mol. The maximum absolute atomic E-state index is 13.3. The molecule has 0 aliphatic rings. The van der Waals surface area contributed by atoms with E-state index in [4.69, 9.17) is 65.4 Å². The molecule has 0 fully saturated rings. The molecule has 0 radical (unpaired) electrons. The van der Waals surface area contributed by atoms with Crippen molar-refractivity contribution in [1.29, 1.82) is 0 Å². The summed E-state index contributed by atoms with van der Waals surface area (Å²) in [7, 11) is 5.12. The fourth-order valence-electron chi connectivity index (χ4n) is 6.40. The normalized spacial score (nSPS) is 11.1. The Bertz CT molecular complexity index is 3310. The summed E-state index contributed by atoms with van der Waals surface area (Å²) in [6.45, 7) is 6.63. The second kappa shape index (κ2) is 23.1. The van der Waals surface area contributed by atoms with Crippen molar-refractivity contribution in [2.24, 2.45) is 14.1 Å². The molecule has 0 bridgehead atoms. The van der Waals surface area contributed by atoms with Crippen molar-refractivity contribution in [3.63, 3.8) is 0 Å². The Labute approximate surface area is 458 Å². The number of rotatable bonds is 10. The Balaban J connectivity index is 0.000000275. The first-order chi connectivity index (χ1) is 31.8. The van der Waals surface area contributed by atoms with E-state index in [1.54, 1.807) is 52.9 Å². The molecule has 0 atom stereocenters. The number of nitro benzene ring substituents is 1. The van der Waals surface area contributed by atoms with Crippen LogP contribution in [0.5, 0.6) is 23.0 Å². The number of pyridine rings is 2. The van der Waals surface area contributed by atoms with Crippen LogP contribution in [0.25, 0.3) is 44.3 Å². The predicted octanol–water partition coefficient (Wildman–Crippen LogP) is 5.15. The third-order valence-corrected chi connectivity index (χ3v) is 11.9. The number of anilines is 2. The van der Waals surface area contributed by atoms with Gasteiger partial charge in [-0.25, -0.2) is 18.4 Å². The van der Waals surface area contributed by atoms with Gasteiger partial charge in [0.05, 0.1) is 64.6 Å². The van der Waals surface area contributed by atoms with E-state index in [9.17, 15) is 33.2 Å². The van der Waals surface area contributed by atoms with Gasteiger partial charge in [-0.2, -0.15) is 9.97 Å². The van der Waals surface area contributed by atoms with Crippen LogP contribution in [-0.2, 0) is 23.9 Å². The fraction of sp³-hybridized carbons (Fsp3) is 0.273. The number of benzene rings is 3. The molecule has 0 saturated heterocycles. The van der Waals surface area contributed by atoms with Crippen molar-refractivity contribution in [3.8, 4) is 45.3 Å². The summed E-state index contributed by atoms with van der Waals surface area (Å²) < 4.78 is 47.1. The molecule has 0 amide bonds. The number of methoxy groups -OCH3 is 4. The molecule has 0 saturated carbocycles. The smallest absolute Gasteiger partial charge is 0.850 e. The molecule has 360 valence electrons. The van der Waals surface area contributed by atoms with Gasteiger partial charge >= 0.3 is 51.4 Å². The minimum absolute atomic E-state index is 0. The van der Waals surface area contributed by atoms with Crippen molar-refractivity contribution < 1.29 is 88.8 Å². The second-order valence-corrected chi connectivity index (χ2v) is 19.0. The van der Waals surface area contributed by atoms with Crippen LogP contribution in [0.3, 0.4) is 0 Å². The Morgan fingerprint density at radius 1 is 0.710 bits per heavy atom. The van der Waals surface area contributed by atoms with Gasteiger partial charge in [0.2, 0.25) is 20.9 Å². The van der Waals surface area contributed by atoms with E-state index in [0.29, 0.717) is 33.5 Å². The maximum Gasteiger partial charge on any atom is 1.00 e. The number of fused-ring (bicyclic) bond motifs is 2. The van der Waals surface area contributed by atoms with Crippen molar-refractivity contribution >= 4 is 95.6 Å². The second-order valence-electron chi connectivity index (χ2n) is 15.6. The van der Waals surface area contributed by atoms with Gasteiger partial charge in [0.1, 0.15) is 40.0 Å². The average Bonchev–Trinajstić information content (AvgIpc) is 3.27. The zero-order valence-electron chi connectivity index (χ0n) is 39.2. The fourth-order valence-corrected chi connectivity index (χ4v) is 8.30. The molecule has 69 heavy (non-hydrogen) atoms. The average molecular weight is 1070 g/mol. The third kappa shape index (κ3) is 12.6. The van der Waals surface area contributed by atoms with Crippen LogP contribution in [0, 0.1) is 17.0 Å². The number of hydrogen-bond acceptors (Lipinski definition) is 16. The first-order valence-corrected chi connectivity index (χ1v) is 23.0. The van der Waals surface area contributed by atoms with Crippen molar-refractivity contribution in [1.82, 2.24) is 29.1 Å². The van der Waals surface area contributed by atoms with Crippen molar-refractivity contribution in [3.05, 3.63) is 111 Å². The van der Waals surface area contributed by atoms with E-state index in [0.717, 1.165) is 6.26 Å². The van der Waals surface area contributed by atoms with Crippen LogP contribution in [0.15, 0.2) is 69.6 Å². The summed E-state index contributed by atoms with van der Waals surface area (Å²) >= 11 is 25.9. The number of aromatic nitrogens is 6. The third-order valence-electron chi connectivity index (χ3n) is 9.58. The first-order valence-electron chi connectivity index (χ1n) is 19.6. The Morgan fingerprint density at radius 3 is 1.48 bits per heavy atom. The van der Waals surface area contributed by atoms with Gasteiger partial charge in [0.15, 0.2) is 0 Å². The van der Waals surface area contributed by atoms with E-state index in [-0.39, 0.29) is 133 Å². The number of aryl methyl sites for hydroxylation is 3. The minimum atomic E-state index is -3.63. The zero-order valence-corrected chi connectivity index (χ0v) is 46.2. The van der Waals surface area contributed by atoms with E-state index < -0.39 is 31.5 Å². The van der Waals surface area contributed by atoms with Gasteiger partial charge < -0.3 is 29.4 Å². The number of ether oxygens (including phenoxy) is 4. The molecule has 7 rings (SSSR count). The standard InChI is InChI=1S/C23H19Cl2N5O5.C17H15Cl2N3O5S.C4H9O.K/c1-11-6-5-7-14(30(32)33)20(11)27-23-26-10-12-8-13(22(31)29(2)21(12)28-23)17-18(24)15(34-3)9-16(35-4)19(17)25;1-22-15-8(7-20-17(21-15)28(4,24)25)5-9(16(22)23)12-13(18)10(26-2)6-11(27-3)14(12)19;1-4(2,3)5;/h5-10H,1-4H3,(H,26,27,28);5-7H,1-4H3;1-3H3;/q;;-1;+1. The van der Waals surface area contributed by atoms with E-state index in [1.165, 1.54) is 81.3 Å². The molecule has 25 heteroatoms. The topological polar surface area (TPSA) is 245 Å². The summed E-state index contributed by atoms with van der Waals surface area (Å²) in [6, 6.07) is 10.8. The van der Waals surface area contributed by atoms with E-state index in [2.05, 4.69) is 25.3 Å². The number of para-hydroxylation sites is 1. The van der Waals surface area contributed by atoms with Gasteiger partial charge in [-0.15, -0.1) is 5.60 Å². The molecular formula is C44H43Cl4KN8O11S. The zero-order chi connectivity index (χ0) is 50.7. The molecule has 1 N–H and O–H groups in total. The van der Waals surface area contributed by atoms with Crippen LogP contribution in [-0.4, -0.2) is 82.7 Å². The van der Waals surface area contributed by atoms with Crippen LogP contribution >= 0.6 is 46.4 Å². The molecule has 0 unspecified atom stereocenters. The number of nitro groups is 1. The maximum atomic E-state index is 13.3. The number of nitrogens with one attached hydrogen (secondary N) is 1. The quantitative estimate of drug-likeness (QED) is 0.0805. The number of halogens is 4. The summed E-state index contributed by atoms with van der Waals surface area (Å²) in [5.74, 6) is 1.24. The predicted molar refractivity (Wildman–Crippen MR) is 261 cm³/mol. The van der Waals surface area contributed by atoms with Gasteiger partial charge in [-0.1, -0.05) is 79.3 Å². The molecule has 4 aromatic heterocycles. The molecule has 0 spiro atoms. The molecule has 4 heterocycles. The van der Waals surface area contributed by atoms with Crippen molar-refractivity contribution in [2.45, 2.75) is 38.5 Å². The Hall–Kier alpha value is -4.65. The molecule has 0 aliphatic carbocycles. The van der Waals surface area contributed by atoms with Crippen LogP contribution in [0.4, 0.5) is 17.3 Å². The van der Waals surface area contributed by atoms with Crippen LogP contribution in [0.2, 0.25) is 20.1 Å². The molecule has 0 aliphatic heterocycles. The molecule has 3 aromatic carbocycles. The van der Waals surface area contributed by atoms with E-state index in [1.807, 2.05) is 0 Å². The summed E-state index contributed by atoms with van der Waals surface area (Å²) in [4.78, 5) is 53.9. The summed E-state index contributed by atoms with van der Waals surface area (Å²) in [5, 5.41) is 25.6. The van der Waals surface area contributed by atoms with Gasteiger partial charge in [0, 0.05) is 72.8 Å². The minimum Gasteiger partial charge on any atom is -0.850 e. The van der Waals surface area contributed by atoms with Crippen LogP contribution in [0.1, 0.15) is 26.3 Å². The van der Waals surface area contributed by atoms with Gasteiger partial charge in [-0.05, 0) is 24.6 Å². The Morgan fingerprint density at radius 2 is 1.10 bits per heavy atom. The number of hydrogen-bond donors (Lipinski definition) is 1. The Kier molecular flexibility index (Phi) is 19.0. The van der Waals surface area contributed by atoms with Gasteiger partial charge in [0.25, 0.3) is 16.8 Å². The van der Waals surface area contributed by atoms with Gasteiger partial charge in [-0.3, -0.25) is 28.8 Å². The van der Waals surface area contributed by atoms with E-state index >= 15 is 0 Å². The first kappa shape index (κ1) is 56.9. The summed E-state index contributed by atoms with van der Waals surface area (Å²) in [5.41, 5.74) is 0.440. The molecule has 7 aromatic rings. The van der Waals surface area contributed by atoms with Crippen molar-refractivity contribution in [2.75, 3.05) is 40.0 Å². The number of sulfone groups is 1. The number of nitrogens with zero attached hydrogens (tertiary/aromatic N) is 7. The monoisotopic (exact) mass is 1070 g/mol.